The van der Waals surface area contributed by atoms with Crippen LogP contribution in [0.5, 0.6) is 5.75 Å². The molecule has 0 atom stereocenters. The van der Waals surface area contributed by atoms with Gasteiger partial charge < -0.3 is 15.0 Å². The van der Waals surface area contributed by atoms with Gasteiger partial charge in [-0.1, -0.05) is 43.0 Å². The lowest BCUT2D eigenvalue weighted by atomic mass is 9.95. The molecule has 196 valence electrons. The van der Waals surface area contributed by atoms with Gasteiger partial charge in [-0.2, -0.15) is 0 Å². The summed E-state index contributed by atoms with van der Waals surface area (Å²) in [7, 11) is 3.97. The second-order valence-electron chi connectivity index (χ2n) is 9.65. The zero-order valence-corrected chi connectivity index (χ0v) is 22.0. The van der Waals surface area contributed by atoms with Crippen molar-refractivity contribution >= 4 is 17.5 Å². The van der Waals surface area contributed by atoms with Crippen molar-refractivity contribution in [2.75, 3.05) is 27.2 Å². The molecule has 0 saturated heterocycles. The number of hydrogen-bond donors (Lipinski definition) is 1. The van der Waals surface area contributed by atoms with Crippen LogP contribution in [0.2, 0.25) is 5.02 Å². The van der Waals surface area contributed by atoms with Crippen LogP contribution in [0.4, 0.5) is 8.78 Å². The predicted molar refractivity (Wildman–Crippen MR) is 143 cm³/mol. The fraction of sp³-hybridized carbons (Fsp3) is 0.379. The van der Waals surface area contributed by atoms with E-state index in [1.54, 1.807) is 24.3 Å². The lowest BCUT2D eigenvalue weighted by Gasteiger charge is -2.22. The van der Waals surface area contributed by atoms with Crippen molar-refractivity contribution in [3.05, 3.63) is 70.9 Å². The Morgan fingerprint density at radius 2 is 1.81 bits per heavy atom. The number of ether oxygens (including phenoxy) is 1. The second kappa shape index (κ2) is 12.5. The molecule has 5 nitrogen and oxygen atoms in total. The maximum atomic E-state index is 14.8. The first-order valence-corrected chi connectivity index (χ1v) is 13.0. The molecule has 1 amide bonds. The standard InChI is InChI=1S/C29H32ClF2N3O2/c1-35(2)16-7-17-37-26-18-19(12-14-22(26)30)28-21(27-23(31)10-6-11-24(27)32)13-15-25(34-28)29(36)33-20-8-4-3-5-9-20/h6,10-15,18,20H,3-5,7-9,16-17H2,1-2H3,(H,33,36). The minimum Gasteiger partial charge on any atom is -0.492 e. The summed E-state index contributed by atoms with van der Waals surface area (Å²) < 4.78 is 35.5. The van der Waals surface area contributed by atoms with E-state index in [0.29, 0.717) is 22.9 Å². The fourth-order valence-corrected chi connectivity index (χ4v) is 4.77. The van der Waals surface area contributed by atoms with Crippen LogP contribution in [0, 0.1) is 11.6 Å². The van der Waals surface area contributed by atoms with Gasteiger partial charge >= 0.3 is 0 Å². The van der Waals surface area contributed by atoms with E-state index in [-0.39, 0.29) is 34.5 Å². The molecule has 8 heteroatoms. The third kappa shape index (κ3) is 6.84. The van der Waals surface area contributed by atoms with E-state index in [0.717, 1.165) is 38.6 Å². The highest BCUT2D eigenvalue weighted by molar-refractivity contribution is 6.32. The number of amides is 1. The van der Waals surface area contributed by atoms with Crippen LogP contribution in [-0.2, 0) is 0 Å². The average Bonchev–Trinajstić information content (AvgIpc) is 2.88. The molecule has 0 bridgehead atoms. The summed E-state index contributed by atoms with van der Waals surface area (Å²) in [5.41, 5.74) is 1.04. The van der Waals surface area contributed by atoms with Gasteiger partial charge in [0, 0.05) is 23.7 Å². The first kappa shape index (κ1) is 27.0. The van der Waals surface area contributed by atoms with E-state index in [9.17, 15) is 13.6 Å². The topological polar surface area (TPSA) is 54.5 Å². The Labute approximate surface area is 221 Å². The molecular formula is C29H32ClF2N3O2. The number of carbonyl (C=O) groups is 1. The maximum absolute atomic E-state index is 14.8. The van der Waals surface area contributed by atoms with Gasteiger partial charge in [-0.3, -0.25) is 4.79 Å². The van der Waals surface area contributed by atoms with Gasteiger partial charge in [0.1, 0.15) is 23.1 Å². The Morgan fingerprint density at radius 1 is 1.08 bits per heavy atom. The largest absolute Gasteiger partial charge is 0.492 e. The Morgan fingerprint density at radius 3 is 2.51 bits per heavy atom. The summed E-state index contributed by atoms with van der Waals surface area (Å²) in [5.74, 6) is -1.28. The molecule has 1 fully saturated rings. The van der Waals surface area contributed by atoms with Crippen LogP contribution >= 0.6 is 11.6 Å². The highest BCUT2D eigenvalue weighted by atomic mass is 35.5. The number of carbonyl (C=O) groups excluding carboxylic acids is 1. The monoisotopic (exact) mass is 527 g/mol. The van der Waals surface area contributed by atoms with E-state index in [4.69, 9.17) is 16.3 Å². The Hall–Kier alpha value is -3.03. The van der Waals surface area contributed by atoms with Crippen molar-refractivity contribution in [1.82, 2.24) is 15.2 Å². The molecule has 4 rings (SSSR count). The molecule has 1 saturated carbocycles. The molecule has 1 N–H and O–H groups in total. The molecule has 37 heavy (non-hydrogen) atoms. The summed E-state index contributed by atoms with van der Waals surface area (Å²) >= 11 is 6.38. The lowest BCUT2D eigenvalue weighted by molar-refractivity contribution is 0.0923. The first-order chi connectivity index (χ1) is 17.8. The third-order valence-corrected chi connectivity index (χ3v) is 6.82. The molecule has 2 aromatic carbocycles. The van der Waals surface area contributed by atoms with E-state index in [1.807, 2.05) is 14.1 Å². The van der Waals surface area contributed by atoms with Crippen molar-refractivity contribution in [3.8, 4) is 28.1 Å². The summed E-state index contributed by atoms with van der Waals surface area (Å²) in [6.07, 6.45) is 6.00. The minimum atomic E-state index is -0.712. The Bertz CT molecular complexity index is 1230. The normalized spacial score (nSPS) is 14.1. The van der Waals surface area contributed by atoms with Crippen molar-refractivity contribution < 1.29 is 18.3 Å². The van der Waals surface area contributed by atoms with Crippen molar-refractivity contribution in [2.24, 2.45) is 0 Å². The van der Waals surface area contributed by atoms with Crippen LogP contribution in [0.1, 0.15) is 49.0 Å². The van der Waals surface area contributed by atoms with E-state index < -0.39 is 11.6 Å². The molecule has 0 spiro atoms. The molecule has 1 aromatic heterocycles. The zero-order chi connectivity index (χ0) is 26.4. The smallest absolute Gasteiger partial charge is 0.270 e. The first-order valence-electron chi connectivity index (χ1n) is 12.7. The van der Waals surface area contributed by atoms with E-state index in [2.05, 4.69) is 15.2 Å². The average molecular weight is 528 g/mol. The van der Waals surface area contributed by atoms with Crippen LogP contribution in [-0.4, -0.2) is 49.1 Å². The molecule has 1 heterocycles. The van der Waals surface area contributed by atoms with Crippen LogP contribution < -0.4 is 10.1 Å². The summed E-state index contributed by atoms with van der Waals surface area (Å²) in [6, 6.07) is 12.0. The molecule has 1 aliphatic carbocycles. The highest BCUT2D eigenvalue weighted by Crippen LogP contribution is 2.37. The van der Waals surface area contributed by atoms with E-state index in [1.165, 1.54) is 30.7 Å². The van der Waals surface area contributed by atoms with Crippen molar-refractivity contribution in [2.45, 2.75) is 44.6 Å². The Kier molecular flexibility index (Phi) is 9.11. The SMILES string of the molecule is CN(C)CCCOc1cc(-c2nc(C(=O)NC3CCCCC3)ccc2-c2c(F)cccc2F)ccc1Cl. The van der Waals surface area contributed by atoms with Crippen LogP contribution in [0.3, 0.4) is 0 Å². The highest BCUT2D eigenvalue weighted by Gasteiger charge is 2.22. The molecule has 0 radical (unpaired) electrons. The summed E-state index contributed by atoms with van der Waals surface area (Å²) in [6.45, 7) is 1.31. The van der Waals surface area contributed by atoms with Crippen molar-refractivity contribution in [1.29, 1.82) is 0 Å². The minimum absolute atomic E-state index is 0.105. The predicted octanol–water partition coefficient (Wildman–Crippen LogP) is 6.74. The number of pyridine rings is 1. The van der Waals surface area contributed by atoms with Gasteiger partial charge in [-0.15, -0.1) is 0 Å². The van der Waals surface area contributed by atoms with Crippen LogP contribution in [0.15, 0.2) is 48.5 Å². The quantitative estimate of drug-likeness (QED) is 0.313. The third-order valence-electron chi connectivity index (χ3n) is 6.51. The van der Waals surface area contributed by atoms with Gasteiger partial charge in [0.2, 0.25) is 0 Å². The lowest BCUT2D eigenvalue weighted by Crippen LogP contribution is -2.36. The number of aromatic nitrogens is 1. The summed E-state index contributed by atoms with van der Waals surface area (Å²) in [5, 5.41) is 3.48. The molecular weight excluding hydrogens is 496 g/mol. The number of rotatable bonds is 9. The number of benzene rings is 2. The van der Waals surface area contributed by atoms with E-state index >= 15 is 0 Å². The molecule has 0 unspecified atom stereocenters. The van der Waals surface area contributed by atoms with Gasteiger partial charge in [-0.05, 0) is 69.8 Å². The summed E-state index contributed by atoms with van der Waals surface area (Å²) in [4.78, 5) is 19.7. The number of hydrogen-bond acceptors (Lipinski definition) is 4. The second-order valence-corrected chi connectivity index (χ2v) is 10.1. The Balaban J connectivity index is 1.72. The van der Waals surface area contributed by atoms with Gasteiger partial charge in [0.25, 0.3) is 5.91 Å². The van der Waals surface area contributed by atoms with Crippen molar-refractivity contribution in [3.63, 3.8) is 0 Å². The fourth-order valence-electron chi connectivity index (χ4n) is 4.59. The number of halogens is 3. The maximum Gasteiger partial charge on any atom is 0.270 e. The zero-order valence-electron chi connectivity index (χ0n) is 21.2. The molecule has 3 aromatic rings. The van der Waals surface area contributed by atoms with Crippen LogP contribution in [0.25, 0.3) is 22.4 Å². The molecule has 1 aliphatic rings. The molecule has 0 aliphatic heterocycles. The number of nitrogens with zero attached hydrogens (tertiary/aromatic N) is 2. The van der Waals surface area contributed by atoms with Gasteiger partial charge in [0.15, 0.2) is 0 Å². The van der Waals surface area contributed by atoms with Gasteiger partial charge in [0.05, 0.1) is 22.9 Å². The van der Waals surface area contributed by atoms with Gasteiger partial charge in [-0.25, -0.2) is 13.8 Å². The number of nitrogens with one attached hydrogen (secondary N) is 1.